The minimum absolute atomic E-state index is 0.0264. The summed E-state index contributed by atoms with van der Waals surface area (Å²) in [7, 11) is -0.699. The van der Waals surface area contributed by atoms with Gasteiger partial charge in [0.25, 0.3) is 0 Å². The van der Waals surface area contributed by atoms with Crippen molar-refractivity contribution in [2.24, 2.45) is 0 Å². The molecule has 0 saturated carbocycles. The van der Waals surface area contributed by atoms with Crippen molar-refractivity contribution < 1.29 is 23.6 Å². The van der Waals surface area contributed by atoms with E-state index in [2.05, 4.69) is 34.6 Å². The van der Waals surface area contributed by atoms with Gasteiger partial charge in [0.15, 0.2) is 6.29 Å². The molecule has 2 aliphatic rings. The number of ether oxygens (including phenoxy) is 1. The molecule has 1 aliphatic carbocycles. The lowest BCUT2D eigenvalue weighted by molar-refractivity contribution is 0.00578. The molecule has 5 rings (SSSR count). The van der Waals surface area contributed by atoms with Gasteiger partial charge < -0.3 is 19.4 Å². The van der Waals surface area contributed by atoms with Gasteiger partial charge in [-0.25, -0.2) is 9.78 Å². The summed E-state index contributed by atoms with van der Waals surface area (Å²) in [6, 6.07) is 21.6. The Morgan fingerprint density at radius 2 is 1.50 bits per heavy atom. The number of hydrogen-bond donors (Lipinski definition) is 1. The van der Waals surface area contributed by atoms with Gasteiger partial charge in [-0.1, -0.05) is 54.6 Å². The summed E-state index contributed by atoms with van der Waals surface area (Å²) in [5.74, 6) is -0.0264. The Morgan fingerprint density at radius 1 is 0.921 bits per heavy atom. The molecule has 7 nitrogen and oxygen atoms in total. The SMILES string of the molecule is CC1(C)OB(C(=Cc2cccc(C=O)n2)CNC(=O)OCC2c3ccccc3-c3ccccc32)OC1(C)C. The first-order valence-corrected chi connectivity index (χ1v) is 12.8. The molecule has 3 aromatic rings. The molecular formula is C30H31BN2O5. The molecule has 1 amide bonds. The van der Waals surface area contributed by atoms with Gasteiger partial charge in [0.1, 0.15) is 12.3 Å². The molecule has 1 N–H and O–H groups in total. The Labute approximate surface area is 223 Å². The fraction of sp³-hybridized carbons (Fsp3) is 0.300. The molecule has 1 aliphatic heterocycles. The van der Waals surface area contributed by atoms with Crippen LogP contribution < -0.4 is 5.32 Å². The number of rotatable bonds is 7. The summed E-state index contributed by atoms with van der Waals surface area (Å²) in [6.45, 7) is 8.21. The Bertz CT molecular complexity index is 1340. The molecule has 1 fully saturated rings. The number of nitrogens with one attached hydrogen (secondary N) is 1. The number of hydrogen-bond acceptors (Lipinski definition) is 6. The summed E-state index contributed by atoms with van der Waals surface area (Å²) >= 11 is 0. The number of amides is 1. The van der Waals surface area contributed by atoms with Gasteiger partial charge in [-0.05, 0) is 73.6 Å². The van der Waals surface area contributed by atoms with Crippen molar-refractivity contribution in [1.29, 1.82) is 0 Å². The van der Waals surface area contributed by atoms with E-state index in [0.29, 0.717) is 23.1 Å². The molecule has 0 radical (unpaired) electrons. The molecule has 194 valence electrons. The van der Waals surface area contributed by atoms with Gasteiger partial charge in [-0.15, -0.1) is 0 Å². The number of aromatic nitrogens is 1. The van der Waals surface area contributed by atoms with E-state index in [4.69, 9.17) is 14.0 Å². The van der Waals surface area contributed by atoms with Gasteiger partial charge in [0.05, 0.1) is 16.9 Å². The zero-order valence-electron chi connectivity index (χ0n) is 22.1. The quantitative estimate of drug-likeness (QED) is 0.336. The highest BCUT2D eigenvalue weighted by Crippen LogP contribution is 2.44. The molecule has 8 heteroatoms. The van der Waals surface area contributed by atoms with E-state index < -0.39 is 24.4 Å². The van der Waals surface area contributed by atoms with Crippen molar-refractivity contribution in [1.82, 2.24) is 10.3 Å². The lowest BCUT2D eigenvalue weighted by Gasteiger charge is -2.32. The number of fused-ring (bicyclic) bond motifs is 3. The number of benzene rings is 2. The smallest absolute Gasteiger partial charge is 0.449 e. The highest BCUT2D eigenvalue weighted by Gasteiger charge is 2.52. The lowest BCUT2D eigenvalue weighted by atomic mass is 9.77. The first kappa shape index (κ1) is 25.9. The van der Waals surface area contributed by atoms with Crippen molar-refractivity contribution in [2.45, 2.75) is 44.8 Å². The predicted octanol–water partition coefficient (Wildman–Crippen LogP) is 5.45. The van der Waals surface area contributed by atoms with Crippen LogP contribution in [0.2, 0.25) is 0 Å². The van der Waals surface area contributed by atoms with Crippen LogP contribution in [0.4, 0.5) is 4.79 Å². The van der Waals surface area contributed by atoms with Crippen LogP contribution in [0.3, 0.4) is 0 Å². The minimum Gasteiger partial charge on any atom is -0.449 e. The van der Waals surface area contributed by atoms with Crippen LogP contribution in [0.1, 0.15) is 60.9 Å². The van der Waals surface area contributed by atoms with Crippen LogP contribution in [0.25, 0.3) is 17.2 Å². The van der Waals surface area contributed by atoms with E-state index in [0.717, 1.165) is 11.1 Å². The van der Waals surface area contributed by atoms with Crippen LogP contribution in [0.5, 0.6) is 0 Å². The molecule has 0 atom stereocenters. The summed E-state index contributed by atoms with van der Waals surface area (Å²) in [4.78, 5) is 28.4. The van der Waals surface area contributed by atoms with E-state index in [1.165, 1.54) is 11.1 Å². The Kier molecular flexibility index (Phi) is 6.94. The fourth-order valence-electron chi connectivity index (χ4n) is 4.83. The standard InChI is InChI=1S/C30H31BN2O5/c1-29(2)30(3,4)38-31(37-29)20(16-21-10-9-11-22(18-34)33-21)17-32-28(35)36-19-27-25-14-7-5-12-23(25)24-13-6-8-15-26(24)27/h5-16,18,27H,17,19H2,1-4H3,(H,32,35). The van der Waals surface area contributed by atoms with Crippen molar-refractivity contribution in [3.8, 4) is 11.1 Å². The van der Waals surface area contributed by atoms with E-state index >= 15 is 0 Å². The van der Waals surface area contributed by atoms with Crippen molar-refractivity contribution in [3.05, 3.63) is 94.7 Å². The second-order valence-electron chi connectivity index (χ2n) is 10.6. The molecule has 1 aromatic heterocycles. The van der Waals surface area contributed by atoms with Crippen molar-refractivity contribution >= 4 is 25.6 Å². The first-order chi connectivity index (χ1) is 18.2. The molecule has 0 spiro atoms. The number of alkyl carbamates (subject to hydrolysis) is 1. The largest absolute Gasteiger partial charge is 0.492 e. The first-order valence-electron chi connectivity index (χ1n) is 12.8. The molecule has 0 bridgehead atoms. The van der Waals surface area contributed by atoms with Gasteiger partial charge >= 0.3 is 13.2 Å². The molecule has 2 heterocycles. The number of aldehydes is 1. The Hall–Kier alpha value is -3.75. The van der Waals surface area contributed by atoms with Gasteiger partial charge in [0.2, 0.25) is 0 Å². The van der Waals surface area contributed by atoms with E-state index in [-0.39, 0.29) is 19.1 Å². The highest BCUT2D eigenvalue weighted by molar-refractivity contribution is 6.56. The van der Waals surface area contributed by atoms with Crippen LogP contribution in [0, 0.1) is 0 Å². The average Bonchev–Trinajstić information content (AvgIpc) is 3.34. The van der Waals surface area contributed by atoms with Crippen molar-refractivity contribution in [3.63, 3.8) is 0 Å². The molecule has 38 heavy (non-hydrogen) atoms. The van der Waals surface area contributed by atoms with Crippen LogP contribution in [0.15, 0.2) is 72.2 Å². The zero-order chi connectivity index (χ0) is 26.9. The summed E-state index contributed by atoms with van der Waals surface area (Å²) in [5, 5.41) is 2.85. The Morgan fingerprint density at radius 3 is 2.11 bits per heavy atom. The summed E-state index contributed by atoms with van der Waals surface area (Å²) < 4.78 is 18.2. The average molecular weight is 510 g/mol. The maximum Gasteiger partial charge on any atom is 0.492 e. The molecule has 0 unspecified atom stereocenters. The van der Waals surface area contributed by atoms with E-state index in [9.17, 15) is 9.59 Å². The second-order valence-corrected chi connectivity index (χ2v) is 10.6. The zero-order valence-corrected chi connectivity index (χ0v) is 22.1. The van der Waals surface area contributed by atoms with Crippen LogP contribution >= 0.6 is 0 Å². The molecular weight excluding hydrogens is 479 g/mol. The maximum absolute atomic E-state index is 12.8. The number of nitrogens with zero attached hydrogens (tertiary/aromatic N) is 1. The lowest BCUT2D eigenvalue weighted by Crippen LogP contribution is -2.41. The summed E-state index contributed by atoms with van der Waals surface area (Å²) in [5.41, 5.74) is 5.08. The fourth-order valence-corrected chi connectivity index (χ4v) is 4.83. The third-order valence-corrected chi connectivity index (χ3v) is 7.58. The van der Waals surface area contributed by atoms with Crippen LogP contribution in [-0.4, -0.2) is 48.8 Å². The molecule has 2 aromatic carbocycles. The van der Waals surface area contributed by atoms with Gasteiger partial charge in [0, 0.05) is 12.5 Å². The van der Waals surface area contributed by atoms with E-state index in [1.54, 1.807) is 24.3 Å². The normalized spacial score (nSPS) is 17.6. The monoisotopic (exact) mass is 510 g/mol. The Balaban J connectivity index is 1.30. The maximum atomic E-state index is 12.8. The van der Waals surface area contributed by atoms with Gasteiger partial charge in [-0.3, -0.25) is 4.79 Å². The summed E-state index contributed by atoms with van der Waals surface area (Å²) in [6.07, 6.45) is 1.93. The van der Waals surface area contributed by atoms with E-state index in [1.807, 2.05) is 52.0 Å². The van der Waals surface area contributed by atoms with Crippen molar-refractivity contribution in [2.75, 3.05) is 13.2 Å². The molecule has 1 saturated heterocycles. The topological polar surface area (TPSA) is 86.8 Å². The van der Waals surface area contributed by atoms with Gasteiger partial charge in [-0.2, -0.15) is 0 Å². The number of pyridine rings is 1. The highest BCUT2D eigenvalue weighted by atomic mass is 16.7. The second kappa shape index (κ2) is 10.2. The minimum atomic E-state index is -0.699. The van der Waals surface area contributed by atoms with Crippen LogP contribution in [-0.2, 0) is 14.0 Å². The predicted molar refractivity (Wildman–Crippen MR) is 147 cm³/mol. The third-order valence-electron chi connectivity index (χ3n) is 7.58. The third kappa shape index (κ3) is 5.02. The number of carbonyl (C=O) groups excluding carboxylic acids is 2. The number of carbonyl (C=O) groups is 2.